The number of esters is 1. The van der Waals surface area contributed by atoms with E-state index in [-0.39, 0.29) is 6.42 Å². The lowest BCUT2D eigenvalue weighted by molar-refractivity contribution is -0.204. The largest absolute Gasteiger partial charge is 0.459 e. The Morgan fingerprint density at radius 3 is 1.93 bits per heavy atom. The molecule has 0 rings (SSSR count). The van der Waals surface area contributed by atoms with E-state index >= 15 is 0 Å². The molecule has 1 unspecified atom stereocenters. The molecule has 1 atom stereocenters. The zero-order valence-electron chi connectivity index (χ0n) is 8.73. The first-order chi connectivity index (χ1) is 6.08. The van der Waals surface area contributed by atoms with Crippen LogP contribution in [0.3, 0.4) is 0 Å². The lowest BCUT2D eigenvalue weighted by atomic mass is 10.1. The van der Waals surface area contributed by atoms with Crippen molar-refractivity contribution in [3.05, 3.63) is 0 Å². The standard InChI is InChI=1S/C9H15F3O2/c1-5-6(9(10,11)12)7(13)14-8(2,3)4/h6H,5H2,1-4H3. The second kappa shape index (κ2) is 4.19. The maximum atomic E-state index is 12.2. The van der Waals surface area contributed by atoms with E-state index in [0.717, 1.165) is 0 Å². The highest BCUT2D eigenvalue weighted by Gasteiger charge is 2.45. The van der Waals surface area contributed by atoms with E-state index in [1.165, 1.54) is 27.7 Å². The van der Waals surface area contributed by atoms with Gasteiger partial charge in [0.2, 0.25) is 0 Å². The molecule has 5 heteroatoms. The molecule has 0 aliphatic heterocycles. The Morgan fingerprint density at radius 1 is 1.29 bits per heavy atom. The van der Waals surface area contributed by atoms with Crippen LogP contribution in [0.2, 0.25) is 0 Å². The number of hydrogen-bond donors (Lipinski definition) is 0. The summed E-state index contributed by atoms with van der Waals surface area (Å²) < 4.78 is 41.4. The van der Waals surface area contributed by atoms with Crippen LogP contribution in [0.4, 0.5) is 13.2 Å². The van der Waals surface area contributed by atoms with Gasteiger partial charge < -0.3 is 4.74 Å². The van der Waals surface area contributed by atoms with E-state index in [9.17, 15) is 18.0 Å². The third-order valence-electron chi connectivity index (χ3n) is 1.49. The molecule has 0 fully saturated rings. The Balaban J connectivity index is 4.50. The fraction of sp³-hybridized carbons (Fsp3) is 0.889. The molecule has 0 aromatic heterocycles. The highest BCUT2D eigenvalue weighted by Crippen LogP contribution is 2.30. The van der Waals surface area contributed by atoms with Crippen molar-refractivity contribution < 1.29 is 22.7 Å². The highest BCUT2D eigenvalue weighted by molar-refractivity contribution is 5.73. The molecule has 14 heavy (non-hydrogen) atoms. The average molecular weight is 212 g/mol. The number of hydrogen-bond acceptors (Lipinski definition) is 2. The molecule has 0 aliphatic carbocycles. The second-order valence-electron chi connectivity index (χ2n) is 4.04. The minimum atomic E-state index is -4.52. The summed E-state index contributed by atoms with van der Waals surface area (Å²) in [6.45, 7) is 5.91. The van der Waals surface area contributed by atoms with Gasteiger partial charge in [-0.25, -0.2) is 0 Å². The second-order valence-corrected chi connectivity index (χ2v) is 4.04. The molecule has 0 spiro atoms. The third-order valence-corrected chi connectivity index (χ3v) is 1.49. The topological polar surface area (TPSA) is 26.3 Å². The van der Waals surface area contributed by atoms with Crippen LogP contribution in [0.15, 0.2) is 0 Å². The molecule has 0 N–H and O–H groups in total. The zero-order chi connectivity index (χ0) is 11.6. The summed E-state index contributed by atoms with van der Waals surface area (Å²) in [7, 11) is 0. The maximum Gasteiger partial charge on any atom is 0.402 e. The Labute approximate surface area is 81.4 Å². The smallest absolute Gasteiger partial charge is 0.402 e. The lowest BCUT2D eigenvalue weighted by Crippen LogP contribution is -2.36. The monoisotopic (exact) mass is 212 g/mol. The fourth-order valence-corrected chi connectivity index (χ4v) is 0.905. The summed E-state index contributed by atoms with van der Waals surface area (Å²) in [6, 6.07) is 0. The number of carbonyl (C=O) groups is 1. The minimum Gasteiger partial charge on any atom is -0.459 e. The van der Waals surface area contributed by atoms with Gasteiger partial charge in [0.1, 0.15) is 5.60 Å². The summed E-state index contributed by atoms with van der Waals surface area (Å²) in [4.78, 5) is 11.1. The van der Waals surface area contributed by atoms with E-state index in [0.29, 0.717) is 0 Å². The van der Waals surface area contributed by atoms with Gasteiger partial charge in [0.05, 0.1) is 0 Å². The van der Waals surface area contributed by atoms with Crippen molar-refractivity contribution >= 4 is 5.97 Å². The summed E-state index contributed by atoms with van der Waals surface area (Å²) >= 11 is 0. The zero-order valence-corrected chi connectivity index (χ0v) is 8.73. The van der Waals surface area contributed by atoms with Gasteiger partial charge in [-0.2, -0.15) is 13.2 Å². The quantitative estimate of drug-likeness (QED) is 0.658. The van der Waals surface area contributed by atoms with Gasteiger partial charge in [-0.05, 0) is 27.2 Å². The Kier molecular flexibility index (Phi) is 3.97. The highest BCUT2D eigenvalue weighted by atomic mass is 19.4. The molecule has 2 nitrogen and oxygen atoms in total. The van der Waals surface area contributed by atoms with Crippen LogP contribution in [0.5, 0.6) is 0 Å². The van der Waals surface area contributed by atoms with Crippen molar-refractivity contribution in [1.29, 1.82) is 0 Å². The SMILES string of the molecule is CCC(C(=O)OC(C)(C)C)C(F)(F)F. The molecule has 0 radical (unpaired) electrons. The van der Waals surface area contributed by atoms with Gasteiger partial charge in [0.15, 0.2) is 5.92 Å². The molecular weight excluding hydrogens is 197 g/mol. The van der Waals surface area contributed by atoms with Gasteiger partial charge in [-0.1, -0.05) is 6.92 Å². The van der Waals surface area contributed by atoms with E-state index in [2.05, 4.69) is 4.74 Å². The van der Waals surface area contributed by atoms with Gasteiger partial charge in [-0.3, -0.25) is 4.79 Å². The Bertz CT molecular complexity index is 203. The number of ether oxygens (including phenoxy) is 1. The number of halogens is 3. The van der Waals surface area contributed by atoms with Crippen LogP contribution >= 0.6 is 0 Å². The fourth-order valence-electron chi connectivity index (χ4n) is 0.905. The average Bonchev–Trinajstić information content (AvgIpc) is 1.79. The molecule has 0 bridgehead atoms. The number of rotatable bonds is 2. The van der Waals surface area contributed by atoms with Gasteiger partial charge in [0.25, 0.3) is 0 Å². The molecular formula is C9H15F3O2. The van der Waals surface area contributed by atoms with Crippen molar-refractivity contribution in [2.45, 2.75) is 45.9 Å². The van der Waals surface area contributed by atoms with Crippen molar-refractivity contribution in [2.24, 2.45) is 5.92 Å². The summed E-state index contributed by atoms with van der Waals surface area (Å²) in [5.74, 6) is -3.21. The first-order valence-corrected chi connectivity index (χ1v) is 4.37. The van der Waals surface area contributed by atoms with Crippen molar-refractivity contribution in [3.63, 3.8) is 0 Å². The van der Waals surface area contributed by atoms with Crippen LogP contribution in [-0.2, 0) is 9.53 Å². The molecule has 0 amide bonds. The van der Waals surface area contributed by atoms with Crippen LogP contribution in [-0.4, -0.2) is 17.7 Å². The summed E-state index contributed by atoms with van der Waals surface area (Å²) in [5.41, 5.74) is -0.879. The number of alkyl halides is 3. The van der Waals surface area contributed by atoms with Gasteiger partial charge in [-0.15, -0.1) is 0 Å². The molecule has 0 aliphatic rings. The molecule has 0 saturated heterocycles. The lowest BCUT2D eigenvalue weighted by Gasteiger charge is -2.24. The Morgan fingerprint density at radius 2 is 1.71 bits per heavy atom. The van der Waals surface area contributed by atoms with E-state index in [1.807, 2.05) is 0 Å². The van der Waals surface area contributed by atoms with E-state index < -0.39 is 23.7 Å². The summed E-state index contributed by atoms with van der Waals surface area (Å²) in [6.07, 6.45) is -4.81. The van der Waals surface area contributed by atoms with Crippen LogP contribution in [0.25, 0.3) is 0 Å². The molecule has 0 saturated carbocycles. The normalized spacial score (nSPS) is 15.1. The molecule has 84 valence electrons. The van der Waals surface area contributed by atoms with Crippen molar-refractivity contribution in [3.8, 4) is 0 Å². The van der Waals surface area contributed by atoms with Crippen molar-refractivity contribution in [2.75, 3.05) is 0 Å². The van der Waals surface area contributed by atoms with Gasteiger partial charge in [0, 0.05) is 0 Å². The van der Waals surface area contributed by atoms with Crippen LogP contribution in [0.1, 0.15) is 34.1 Å². The molecule has 0 aromatic rings. The number of carbonyl (C=O) groups excluding carboxylic acids is 1. The third kappa shape index (κ3) is 4.48. The van der Waals surface area contributed by atoms with E-state index in [1.54, 1.807) is 0 Å². The van der Waals surface area contributed by atoms with Crippen molar-refractivity contribution in [1.82, 2.24) is 0 Å². The molecule has 0 heterocycles. The van der Waals surface area contributed by atoms with Crippen LogP contribution in [0, 0.1) is 5.92 Å². The first kappa shape index (κ1) is 13.3. The maximum absolute atomic E-state index is 12.2. The predicted molar refractivity (Wildman–Crippen MR) is 45.7 cm³/mol. The minimum absolute atomic E-state index is 0.293. The summed E-state index contributed by atoms with van der Waals surface area (Å²) in [5, 5.41) is 0. The van der Waals surface area contributed by atoms with Crippen LogP contribution < -0.4 is 0 Å². The van der Waals surface area contributed by atoms with Gasteiger partial charge >= 0.3 is 12.1 Å². The van der Waals surface area contributed by atoms with E-state index in [4.69, 9.17) is 0 Å². The first-order valence-electron chi connectivity index (χ1n) is 4.37. The Hall–Kier alpha value is -0.740. The molecule has 0 aromatic carbocycles. The predicted octanol–water partition coefficient (Wildman–Crippen LogP) is 2.92.